The normalized spacial score (nSPS) is 23.2. The highest BCUT2D eigenvalue weighted by molar-refractivity contribution is 5.86. The molecule has 0 radical (unpaired) electrons. The molecule has 1 aliphatic heterocycles. The highest BCUT2D eigenvalue weighted by Crippen LogP contribution is 2.43. The van der Waals surface area contributed by atoms with Gasteiger partial charge in [0.1, 0.15) is 0 Å². The zero-order valence-corrected chi connectivity index (χ0v) is 16.8. The van der Waals surface area contributed by atoms with E-state index in [1.165, 1.54) is 28.7 Å². The molecular weight excluding hydrogens is 391 g/mol. The first kappa shape index (κ1) is 22.8. The first-order valence-corrected chi connectivity index (χ1v) is 8.45. The zero-order valence-electron chi connectivity index (χ0n) is 14.4. The van der Waals surface area contributed by atoms with E-state index < -0.39 is 0 Å². The van der Waals surface area contributed by atoms with Gasteiger partial charge >= 0.3 is 0 Å². The molecule has 0 bridgehead atoms. The number of amides is 1. The molecule has 2 unspecified atom stereocenters. The number of fused-ring (bicyclic) bond motifs is 2. The molecular formula is C20H25Cl3N2O. The number of hydrogen-bond acceptors (Lipinski definition) is 2. The Hall–Kier alpha value is -1.26. The minimum Gasteiger partial charge on any atom is -0.368 e. The van der Waals surface area contributed by atoms with Crippen molar-refractivity contribution in [3.63, 3.8) is 0 Å². The van der Waals surface area contributed by atoms with Gasteiger partial charge in [0.05, 0.1) is 6.04 Å². The van der Waals surface area contributed by atoms with Gasteiger partial charge < -0.3 is 5.73 Å². The van der Waals surface area contributed by atoms with E-state index in [1.54, 1.807) is 0 Å². The summed E-state index contributed by atoms with van der Waals surface area (Å²) in [5, 5.41) is 3.55. The standard InChI is InChI=1S/C20H22N2O.3ClH/c21-20(23)18-12-14-7-2-4-10-16(14)19(22-18)17-11-5-8-13-6-1-3-9-15(13)17;;;/h1-4,6-7,9-10,17-19,22H,5,8,11-12H2,(H2,21,23);3*1H/t17-,18?,19?;;;/m1.../s1. The fourth-order valence-electron chi connectivity index (χ4n) is 4.26. The molecule has 1 amide bonds. The predicted molar refractivity (Wildman–Crippen MR) is 113 cm³/mol. The summed E-state index contributed by atoms with van der Waals surface area (Å²) < 4.78 is 0. The molecule has 0 saturated heterocycles. The molecule has 2 aliphatic rings. The van der Waals surface area contributed by atoms with Gasteiger partial charge in [-0.1, -0.05) is 48.5 Å². The lowest BCUT2D eigenvalue weighted by Crippen LogP contribution is -2.49. The Morgan fingerprint density at radius 3 is 2.23 bits per heavy atom. The van der Waals surface area contributed by atoms with Crippen molar-refractivity contribution < 1.29 is 4.79 Å². The fraction of sp³-hybridized carbons (Fsp3) is 0.350. The van der Waals surface area contributed by atoms with Gasteiger partial charge in [-0.3, -0.25) is 10.1 Å². The van der Waals surface area contributed by atoms with Crippen LogP contribution < -0.4 is 11.1 Å². The second-order valence-corrected chi connectivity index (χ2v) is 6.70. The van der Waals surface area contributed by atoms with Crippen LogP contribution in [0.1, 0.15) is 47.1 Å². The molecule has 3 nitrogen and oxygen atoms in total. The van der Waals surface area contributed by atoms with Gasteiger partial charge in [0, 0.05) is 12.0 Å². The molecule has 1 aliphatic carbocycles. The van der Waals surface area contributed by atoms with Gasteiger partial charge in [-0.25, -0.2) is 0 Å². The number of aryl methyl sites for hydroxylation is 1. The number of halogens is 3. The summed E-state index contributed by atoms with van der Waals surface area (Å²) in [6, 6.07) is 17.1. The van der Waals surface area contributed by atoms with Gasteiger partial charge in [0.15, 0.2) is 0 Å². The van der Waals surface area contributed by atoms with E-state index in [9.17, 15) is 4.79 Å². The summed E-state index contributed by atoms with van der Waals surface area (Å²) in [7, 11) is 0. The van der Waals surface area contributed by atoms with Crippen molar-refractivity contribution in [1.82, 2.24) is 5.32 Å². The van der Waals surface area contributed by atoms with Crippen molar-refractivity contribution in [2.24, 2.45) is 5.73 Å². The van der Waals surface area contributed by atoms with Crippen LogP contribution in [0, 0.1) is 0 Å². The number of primary amides is 1. The smallest absolute Gasteiger partial charge is 0.234 e. The monoisotopic (exact) mass is 414 g/mol. The number of nitrogens with two attached hydrogens (primary N) is 1. The molecule has 3 atom stereocenters. The third-order valence-corrected chi connectivity index (χ3v) is 5.36. The third kappa shape index (κ3) is 4.17. The van der Waals surface area contributed by atoms with Crippen LogP contribution in [0.5, 0.6) is 0 Å². The van der Waals surface area contributed by atoms with E-state index in [-0.39, 0.29) is 55.2 Å². The molecule has 0 saturated carbocycles. The number of benzene rings is 2. The molecule has 3 N–H and O–H groups in total. The molecule has 2 aromatic rings. The second-order valence-electron chi connectivity index (χ2n) is 6.70. The molecule has 26 heavy (non-hydrogen) atoms. The van der Waals surface area contributed by atoms with Crippen molar-refractivity contribution in [3.05, 3.63) is 70.8 Å². The van der Waals surface area contributed by atoms with Gasteiger partial charge in [0.25, 0.3) is 0 Å². The fourth-order valence-corrected chi connectivity index (χ4v) is 4.26. The Balaban J connectivity index is 0.00000113. The minimum atomic E-state index is -0.274. The number of hydrogen-bond donors (Lipinski definition) is 2. The van der Waals surface area contributed by atoms with Crippen LogP contribution in [0.3, 0.4) is 0 Å². The first-order valence-electron chi connectivity index (χ1n) is 8.45. The number of carbonyl (C=O) groups is 1. The van der Waals surface area contributed by atoms with E-state index in [0.717, 1.165) is 12.8 Å². The molecule has 6 heteroatoms. The van der Waals surface area contributed by atoms with Gasteiger partial charge in [-0.2, -0.15) is 0 Å². The molecule has 1 heterocycles. The van der Waals surface area contributed by atoms with Crippen LogP contribution in [-0.2, 0) is 17.6 Å². The average molecular weight is 416 g/mol. The Labute approximate surface area is 173 Å². The SMILES string of the molecule is Cl.Cl.Cl.NC(=O)C1Cc2ccccc2C([C@@H]2CCCc3ccccc32)N1. The maximum atomic E-state index is 11.8. The molecule has 142 valence electrons. The second kappa shape index (κ2) is 9.61. The predicted octanol–water partition coefficient (Wildman–Crippen LogP) is 4.11. The van der Waals surface area contributed by atoms with Gasteiger partial charge in [-0.15, -0.1) is 37.2 Å². The highest BCUT2D eigenvalue weighted by atomic mass is 35.5. The highest BCUT2D eigenvalue weighted by Gasteiger charge is 2.36. The summed E-state index contributed by atoms with van der Waals surface area (Å²) in [4.78, 5) is 11.8. The van der Waals surface area contributed by atoms with Crippen LogP contribution in [-0.4, -0.2) is 11.9 Å². The topological polar surface area (TPSA) is 55.1 Å². The van der Waals surface area contributed by atoms with Crippen molar-refractivity contribution in [3.8, 4) is 0 Å². The lowest BCUT2D eigenvalue weighted by Gasteiger charge is -2.39. The molecule has 0 spiro atoms. The molecule has 0 fully saturated rings. The summed E-state index contributed by atoms with van der Waals surface area (Å²) >= 11 is 0. The van der Waals surface area contributed by atoms with Crippen LogP contribution >= 0.6 is 37.2 Å². The van der Waals surface area contributed by atoms with E-state index in [1.807, 2.05) is 6.07 Å². The zero-order chi connectivity index (χ0) is 15.8. The van der Waals surface area contributed by atoms with E-state index >= 15 is 0 Å². The lowest BCUT2D eigenvalue weighted by atomic mass is 9.74. The Bertz CT molecular complexity index is 753. The van der Waals surface area contributed by atoms with Crippen LogP contribution in [0.15, 0.2) is 48.5 Å². The van der Waals surface area contributed by atoms with Crippen molar-refractivity contribution in [1.29, 1.82) is 0 Å². The minimum absolute atomic E-state index is 0. The maximum Gasteiger partial charge on any atom is 0.234 e. The third-order valence-electron chi connectivity index (χ3n) is 5.36. The van der Waals surface area contributed by atoms with Crippen molar-refractivity contribution in [2.45, 2.75) is 43.7 Å². The van der Waals surface area contributed by atoms with E-state index in [0.29, 0.717) is 12.3 Å². The van der Waals surface area contributed by atoms with Crippen LogP contribution in [0.4, 0.5) is 0 Å². The summed E-state index contributed by atoms with van der Waals surface area (Å²) in [5.74, 6) is 0.150. The largest absolute Gasteiger partial charge is 0.368 e. The summed E-state index contributed by atoms with van der Waals surface area (Å²) in [6.07, 6.45) is 4.19. The first-order chi connectivity index (χ1) is 11.2. The Morgan fingerprint density at radius 1 is 0.923 bits per heavy atom. The van der Waals surface area contributed by atoms with Gasteiger partial charge in [0.2, 0.25) is 5.91 Å². The maximum absolute atomic E-state index is 11.8. The number of rotatable bonds is 2. The summed E-state index contributed by atoms with van der Waals surface area (Å²) in [6.45, 7) is 0. The molecule has 4 rings (SSSR count). The van der Waals surface area contributed by atoms with Crippen LogP contribution in [0.2, 0.25) is 0 Å². The summed E-state index contributed by atoms with van der Waals surface area (Å²) in [5.41, 5.74) is 11.1. The Morgan fingerprint density at radius 2 is 1.54 bits per heavy atom. The van der Waals surface area contributed by atoms with E-state index in [2.05, 4.69) is 47.8 Å². The average Bonchev–Trinajstić information content (AvgIpc) is 2.60. The molecule has 2 aromatic carbocycles. The quantitative estimate of drug-likeness (QED) is 0.775. The van der Waals surface area contributed by atoms with Crippen molar-refractivity contribution in [2.75, 3.05) is 0 Å². The van der Waals surface area contributed by atoms with Crippen LogP contribution in [0.25, 0.3) is 0 Å². The Kier molecular flexibility index (Phi) is 8.42. The number of carbonyl (C=O) groups excluding carboxylic acids is 1. The van der Waals surface area contributed by atoms with Crippen molar-refractivity contribution >= 4 is 43.1 Å². The molecule has 0 aromatic heterocycles. The van der Waals surface area contributed by atoms with E-state index in [4.69, 9.17) is 5.73 Å². The number of nitrogens with one attached hydrogen (secondary N) is 1. The van der Waals surface area contributed by atoms with Gasteiger partial charge in [-0.05, 0) is 47.9 Å². The lowest BCUT2D eigenvalue weighted by molar-refractivity contribution is -0.120.